The number of piperidine rings is 1. The summed E-state index contributed by atoms with van der Waals surface area (Å²) in [6, 6.07) is 11.4. The number of carbonyl (C=O) groups is 1. The van der Waals surface area contributed by atoms with Crippen LogP contribution in [0.4, 0.5) is 4.39 Å². The molecule has 4 rings (SSSR count). The number of hydrogen-bond donors (Lipinski definition) is 1. The zero-order valence-corrected chi connectivity index (χ0v) is 15.3. The number of nitrogens with zero attached hydrogens (tertiary/aromatic N) is 1. The summed E-state index contributed by atoms with van der Waals surface area (Å²) in [5.74, 6) is 0.148. The van der Waals surface area contributed by atoms with Gasteiger partial charge < -0.3 is 4.74 Å². The molecule has 0 atom stereocenters. The summed E-state index contributed by atoms with van der Waals surface area (Å²) in [4.78, 5) is 12.8. The maximum atomic E-state index is 13.1. The zero-order valence-electron chi connectivity index (χ0n) is 14.5. The minimum absolute atomic E-state index is 0.0377. The Balaban J connectivity index is 1.59. The summed E-state index contributed by atoms with van der Waals surface area (Å²) in [6.07, 6.45) is 1.02. The van der Waals surface area contributed by atoms with Crippen molar-refractivity contribution in [2.45, 2.75) is 24.9 Å². The quantitative estimate of drug-likeness (QED) is 0.853. The molecule has 1 fully saturated rings. The molecule has 2 aromatic rings. The lowest BCUT2D eigenvalue weighted by molar-refractivity contribution is 0.00594. The van der Waals surface area contributed by atoms with E-state index in [1.807, 2.05) is 6.07 Å². The van der Waals surface area contributed by atoms with Gasteiger partial charge in [0.05, 0.1) is 12.0 Å². The first-order chi connectivity index (χ1) is 12.8. The van der Waals surface area contributed by atoms with Crippen LogP contribution in [0.25, 0.3) is 11.1 Å². The number of fused-ring (bicyclic) bond motifs is 1. The standard InChI is InChI=1S/C19H19FN2O4S/c20-15-4-1-13(2-5-15)14-3-6-18-16(11-14)17(23)12-19(26-18)7-9-22(10-8-19)27(21,24)25/h1-6,11H,7-10,12H2,(H2,21,24,25). The Morgan fingerprint density at radius 3 is 2.30 bits per heavy atom. The van der Waals surface area contributed by atoms with Crippen LogP contribution in [0.2, 0.25) is 0 Å². The third-order valence-electron chi connectivity index (χ3n) is 5.26. The molecule has 2 aliphatic rings. The molecule has 2 heterocycles. The lowest BCUT2D eigenvalue weighted by Gasteiger charge is -2.43. The van der Waals surface area contributed by atoms with Crippen LogP contribution >= 0.6 is 0 Å². The van der Waals surface area contributed by atoms with Gasteiger partial charge in [-0.05, 0) is 35.4 Å². The number of rotatable bonds is 2. The van der Waals surface area contributed by atoms with E-state index in [2.05, 4.69) is 0 Å². The Morgan fingerprint density at radius 2 is 1.67 bits per heavy atom. The van der Waals surface area contributed by atoms with Gasteiger partial charge in [0, 0.05) is 25.9 Å². The van der Waals surface area contributed by atoms with Gasteiger partial charge in [-0.3, -0.25) is 4.79 Å². The monoisotopic (exact) mass is 390 g/mol. The van der Waals surface area contributed by atoms with Gasteiger partial charge in [-0.15, -0.1) is 0 Å². The normalized spacial score (nSPS) is 19.6. The van der Waals surface area contributed by atoms with E-state index in [0.29, 0.717) is 24.2 Å². The molecule has 0 amide bonds. The SMILES string of the molecule is NS(=O)(=O)N1CCC2(CC1)CC(=O)c1cc(-c3ccc(F)cc3)ccc1O2. The maximum absolute atomic E-state index is 13.1. The number of hydrogen-bond acceptors (Lipinski definition) is 4. The van der Waals surface area contributed by atoms with Gasteiger partial charge >= 0.3 is 0 Å². The first-order valence-corrected chi connectivity index (χ1v) is 10.2. The number of Topliss-reactive ketones (excluding diaryl/α,β-unsaturated/α-hetero) is 1. The predicted octanol–water partition coefficient (Wildman–Crippen LogP) is 2.50. The van der Waals surface area contributed by atoms with Gasteiger partial charge in [-0.25, -0.2) is 9.53 Å². The van der Waals surface area contributed by atoms with E-state index >= 15 is 0 Å². The van der Waals surface area contributed by atoms with Crippen molar-refractivity contribution in [2.75, 3.05) is 13.1 Å². The van der Waals surface area contributed by atoms with Crippen LogP contribution in [0.15, 0.2) is 42.5 Å². The fraction of sp³-hybridized carbons (Fsp3) is 0.316. The van der Waals surface area contributed by atoms with Crippen LogP contribution in [0.1, 0.15) is 29.6 Å². The van der Waals surface area contributed by atoms with Gasteiger partial charge in [0.1, 0.15) is 17.2 Å². The van der Waals surface area contributed by atoms with E-state index in [9.17, 15) is 17.6 Å². The van der Waals surface area contributed by atoms with Crippen molar-refractivity contribution in [3.63, 3.8) is 0 Å². The number of ketones is 1. The fourth-order valence-corrected chi connectivity index (χ4v) is 4.43. The second-order valence-electron chi connectivity index (χ2n) is 7.05. The minimum Gasteiger partial charge on any atom is -0.486 e. The van der Waals surface area contributed by atoms with E-state index in [-0.39, 0.29) is 31.1 Å². The topological polar surface area (TPSA) is 89.7 Å². The third-order valence-corrected chi connectivity index (χ3v) is 6.35. The van der Waals surface area contributed by atoms with Crippen LogP contribution in [0.3, 0.4) is 0 Å². The highest BCUT2D eigenvalue weighted by atomic mass is 32.2. The molecule has 2 N–H and O–H groups in total. The predicted molar refractivity (Wildman–Crippen MR) is 98.1 cm³/mol. The molecule has 2 aromatic carbocycles. The third kappa shape index (κ3) is 3.47. The molecule has 0 aliphatic carbocycles. The molecular formula is C19H19FN2O4S. The van der Waals surface area contributed by atoms with E-state index in [4.69, 9.17) is 9.88 Å². The molecule has 0 aromatic heterocycles. The first-order valence-electron chi connectivity index (χ1n) is 8.66. The van der Waals surface area contributed by atoms with E-state index in [1.165, 1.54) is 16.4 Å². The second-order valence-corrected chi connectivity index (χ2v) is 8.59. The maximum Gasteiger partial charge on any atom is 0.276 e. The number of carbonyl (C=O) groups excluding carboxylic acids is 1. The van der Waals surface area contributed by atoms with E-state index in [1.54, 1.807) is 24.3 Å². The molecule has 0 radical (unpaired) electrons. The Hall–Kier alpha value is -2.29. The molecule has 0 saturated carbocycles. The zero-order chi connectivity index (χ0) is 19.2. The van der Waals surface area contributed by atoms with Crippen LogP contribution in [-0.4, -0.2) is 37.2 Å². The number of benzene rings is 2. The van der Waals surface area contributed by atoms with E-state index < -0.39 is 15.8 Å². The number of nitrogens with two attached hydrogens (primary N) is 1. The van der Waals surface area contributed by atoms with E-state index in [0.717, 1.165) is 11.1 Å². The van der Waals surface area contributed by atoms with Crippen molar-refractivity contribution in [1.29, 1.82) is 0 Å². The summed E-state index contributed by atoms with van der Waals surface area (Å²) >= 11 is 0. The molecule has 1 saturated heterocycles. The average molecular weight is 390 g/mol. The first kappa shape index (κ1) is 18.1. The van der Waals surface area contributed by atoms with Crippen LogP contribution in [0, 0.1) is 5.82 Å². The van der Waals surface area contributed by atoms with Gasteiger partial charge in [-0.1, -0.05) is 18.2 Å². The smallest absolute Gasteiger partial charge is 0.276 e. The van der Waals surface area contributed by atoms with Crippen LogP contribution in [0.5, 0.6) is 5.75 Å². The molecule has 27 heavy (non-hydrogen) atoms. The Bertz CT molecular complexity index is 997. The van der Waals surface area contributed by atoms with Crippen molar-refractivity contribution in [2.24, 2.45) is 5.14 Å². The van der Waals surface area contributed by atoms with Crippen LogP contribution < -0.4 is 9.88 Å². The molecule has 2 aliphatic heterocycles. The molecule has 142 valence electrons. The molecule has 0 bridgehead atoms. The van der Waals surface area contributed by atoms with Gasteiger partial charge in [0.2, 0.25) is 0 Å². The summed E-state index contributed by atoms with van der Waals surface area (Å²) in [5.41, 5.74) is 1.43. The Kier molecular flexibility index (Phi) is 4.29. The van der Waals surface area contributed by atoms with Crippen molar-refractivity contribution in [3.8, 4) is 16.9 Å². The highest BCUT2D eigenvalue weighted by Gasteiger charge is 2.44. The lowest BCUT2D eigenvalue weighted by Crippen LogP contribution is -2.53. The molecule has 6 nitrogen and oxygen atoms in total. The molecule has 0 unspecified atom stereocenters. The fourth-order valence-electron chi connectivity index (χ4n) is 3.74. The van der Waals surface area contributed by atoms with Crippen molar-refractivity contribution in [3.05, 3.63) is 53.8 Å². The highest BCUT2D eigenvalue weighted by molar-refractivity contribution is 7.86. The molecule has 8 heteroatoms. The molecule has 1 spiro atoms. The largest absolute Gasteiger partial charge is 0.486 e. The average Bonchev–Trinajstić information content (AvgIpc) is 2.62. The van der Waals surface area contributed by atoms with Crippen LogP contribution in [-0.2, 0) is 10.2 Å². The van der Waals surface area contributed by atoms with Crippen molar-refractivity contribution < 1.29 is 22.3 Å². The van der Waals surface area contributed by atoms with Gasteiger partial charge in [0.25, 0.3) is 10.2 Å². The summed E-state index contributed by atoms with van der Waals surface area (Å²) < 4.78 is 43.5. The van der Waals surface area contributed by atoms with Gasteiger partial charge in [0.15, 0.2) is 5.78 Å². The van der Waals surface area contributed by atoms with Crippen molar-refractivity contribution in [1.82, 2.24) is 4.31 Å². The Labute approximate surface area is 156 Å². The van der Waals surface area contributed by atoms with Gasteiger partial charge in [-0.2, -0.15) is 12.7 Å². The minimum atomic E-state index is -3.73. The second kappa shape index (κ2) is 6.40. The highest BCUT2D eigenvalue weighted by Crippen LogP contribution is 2.41. The molecular weight excluding hydrogens is 371 g/mol. The summed E-state index contributed by atoms with van der Waals surface area (Å²) in [6.45, 7) is 0.463. The number of halogens is 1. The summed E-state index contributed by atoms with van der Waals surface area (Å²) in [7, 11) is -3.73. The summed E-state index contributed by atoms with van der Waals surface area (Å²) in [5, 5.41) is 5.18. The Morgan fingerprint density at radius 1 is 1.04 bits per heavy atom. The van der Waals surface area contributed by atoms with Crippen molar-refractivity contribution >= 4 is 16.0 Å². The number of ether oxygens (including phenoxy) is 1. The lowest BCUT2D eigenvalue weighted by atomic mass is 9.82.